The Bertz CT molecular complexity index is 1040. The predicted octanol–water partition coefficient (Wildman–Crippen LogP) is 4.33. The highest BCUT2D eigenvalue weighted by Gasteiger charge is 2.26. The number of ether oxygens (including phenoxy) is 3. The number of hydrogen-bond donors (Lipinski definition) is 1. The van der Waals surface area contributed by atoms with Gasteiger partial charge in [0, 0.05) is 12.1 Å². The summed E-state index contributed by atoms with van der Waals surface area (Å²) in [6.07, 6.45) is -2.02. The molecule has 1 N–H and O–H groups in total. The summed E-state index contributed by atoms with van der Waals surface area (Å²) in [5.74, 6) is 0.274. The summed E-state index contributed by atoms with van der Waals surface area (Å²) in [6.45, 7) is 1.97. The first-order valence-corrected chi connectivity index (χ1v) is 10.0. The van der Waals surface area contributed by atoms with Crippen molar-refractivity contribution in [2.45, 2.75) is 19.1 Å². The number of non-ortho nitro benzene ring substituents is 1. The Balaban J connectivity index is 1.74. The van der Waals surface area contributed by atoms with Crippen LogP contribution in [-0.4, -0.2) is 35.3 Å². The van der Waals surface area contributed by atoms with Crippen molar-refractivity contribution in [3.8, 4) is 11.5 Å². The van der Waals surface area contributed by atoms with Crippen LogP contribution in [0, 0.1) is 10.1 Å². The number of aliphatic hydroxyl groups is 1. The number of para-hydroxylation sites is 2. The molecule has 0 bridgehead atoms. The largest absolute Gasteiger partial charge is 0.490 e. The van der Waals surface area contributed by atoms with Crippen LogP contribution < -0.4 is 9.47 Å². The zero-order chi connectivity index (χ0) is 22.9. The molecule has 3 rings (SSSR count). The predicted molar refractivity (Wildman–Crippen MR) is 117 cm³/mol. The van der Waals surface area contributed by atoms with Gasteiger partial charge in [0.1, 0.15) is 12.7 Å². The maximum Gasteiger partial charge on any atom is 0.338 e. The number of rotatable bonds is 10. The van der Waals surface area contributed by atoms with E-state index in [1.165, 1.54) is 24.3 Å². The molecule has 0 aliphatic carbocycles. The third-order valence-electron chi connectivity index (χ3n) is 4.58. The van der Waals surface area contributed by atoms with E-state index in [0.717, 1.165) is 0 Å². The summed E-state index contributed by atoms with van der Waals surface area (Å²) in [5, 5.41) is 21.6. The summed E-state index contributed by atoms with van der Waals surface area (Å²) in [7, 11) is 0. The lowest BCUT2D eigenvalue weighted by Gasteiger charge is -2.25. The number of benzene rings is 3. The summed E-state index contributed by atoms with van der Waals surface area (Å²) in [4.78, 5) is 22.5. The molecular formula is C24H23NO7. The summed E-state index contributed by atoms with van der Waals surface area (Å²) >= 11 is 0. The molecule has 2 unspecified atom stereocenters. The average Bonchev–Trinajstić information content (AvgIpc) is 2.82. The van der Waals surface area contributed by atoms with E-state index < -0.39 is 23.1 Å². The molecule has 166 valence electrons. The van der Waals surface area contributed by atoms with Crippen LogP contribution >= 0.6 is 0 Å². The van der Waals surface area contributed by atoms with E-state index in [1.54, 1.807) is 30.3 Å². The number of nitro benzene ring substituents is 1. The number of nitro groups is 1. The van der Waals surface area contributed by atoms with E-state index in [0.29, 0.717) is 23.7 Å². The summed E-state index contributed by atoms with van der Waals surface area (Å²) in [6, 6.07) is 21.2. The van der Waals surface area contributed by atoms with Gasteiger partial charge in [0.15, 0.2) is 17.6 Å². The van der Waals surface area contributed by atoms with Gasteiger partial charge in [-0.05, 0) is 36.8 Å². The number of aliphatic hydroxyl groups excluding tert-OH is 1. The SMILES string of the molecule is CCOc1ccccc1OC(c1ccccc1)C(O)COC(=O)c1ccc([N+](=O)[O-])cc1. The quantitative estimate of drug-likeness (QED) is 0.286. The molecule has 32 heavy (non-hydrogen) atoms. The van der Waals surface area contributed by atoms with Gasteiger partial charge in [0.2, 0.25) is 0 Å². The molecule has 0 saturated carbocycles. The maximum atomic E-state index is 12.3. The second-order valence-corrected chi connectivity index (χ2v) is 6.80. The van der Waals surface area contributed by atoms with Gasteiger partial charge in [-0.15, -0.1) is 0 Å². The second kappa shape index (κ2) is 10.9. The number of esters is 1. The van der Waals surface area contributed by atoms with Gasteiger partial charge in [-0.3, -0.25) is 10.1 Å². The smallest absolute Gasteiger partial charge is 0.338 e. The monoisotopic (exact) mass is 437 g/mol. The molecule has 0 radical (unpaired) electrons. The molecular weight excluding hydrogens is 414 g/mol. The van der Waals surface area contributed by atoms with Crippen LogP contribution in [-0.2, 0) is 4.74 Å². The minimum absolute atomic E-state index is 0.132. The number of carbonyl (C=O) groups excluding carboxylic acids is 1. The van der Waals surface area contributed by atoms with Crippen LogP contribution in [0.1, 0.15) is 28.9 Å². The minimum atomic E-state index is -1.19. The van der Waals surface area contributed by atoms with Crippen molar-refractivity contribution in [3.63, 3.8) is 0 Å². The van der Waals surface area contributed by atoms with Gasteiger partial charge < -0.3 is 19.3 Å². The van der Waals surface area contributed by atoms with Gasteiger partial charge in [-0.1, -0.05) is 42.5 Å². The Kier molecular flexibility index (Phi) is 7.77. The molecule has 0 heterocycles. The molecule has 0 aliphatic rings. The first-order chi connectivity index (χ1) is 15.5. The summed E-state index contributed by atoms with van der Waals surface area (Å²) in [5.41, 5.74) is 0.700. The lowest BCUT2D eigenvalue weighted by Crippen LogP contribution is -2.29. The Morgan fingerprint density at radius 2 is 1.59 bits per heavy atom. The van der Waals surface area contributed by atoms with E-state index in [-0.39, 0.29) is 17.9 Å². The van der Waals surface area contributed by atoms with Gasteiger partial charge in [-0.2, -0.15) is 0 Å². The summed E-state index contributed by atoms with van der Waals surface area (Å²) < 4.78 is 16.9. The van der Waals surface area contributed by atoms with Crippen LogP contribution in [0.15, 0.2) is 78.9 Å². The average molecular weight is 437 g/mol. The van der Waals surface area contributed by atoms with E-state index >= 15 is 0 Å². The fraction of sp³-hybridized carbons (Fsp3) is 0.208. The van der Waals surface area contributed by atoms with Gasteiger partial charge in [-0.25, -0.2) is 4.79 Å². The first-order valence-electron chi connectivity index (χ1n) is 10.0. The van der Waals surface area contributed by atoms with Crippen LogP contribution in [0.2, 0.25) is 0 Å². The Morgan fingerprint density at radius 3 is 2.22 bits per heavy atom. The molecule has 0 fully saturated rings. The van der Waals surface area contributed by atoms with Crippen molar-refractivity contribution >= 4 is 11.7 Å². The van der Waals surface area contributed by atoms with Crippen molar-refractivity contribution in [1.82, 2.24) is 0 Å². The zero-order valence-electron chi connectivity index (χ0n) is 17.4. The van der Waals surface area contributed by atoms with Crippen molar-refractivity contribution in [2.24, 2.45) is 0 Å². The first kappa shape index (κ1) is 22.8. The molecule has 0 aromatic heterocycles. The molecule has 8 heteroatoms. The highest BCUT2D eigenvalue weighted by molar-refractivity contribution is 5.89. The number of nitrogens with zero attached hydrogens (tertiary/aromatic N) is 1. The lowest BCUT2D eigenvalue weighted by molar-refractivity contribution is -0.384. The fourth-order valence-corrected chi connectivity index (χ4v) is 3.02. The molecule has 8 nitrogen and oxygen atoms in total. The van der Waals surface area contributed by atoms with E-state index in [9.17, 15) is 20.0 Å². The van der Waals surface area contributed by atoms with Crippen LogP contribution in [0.4, 0.5) is 5.69 Å². The highest BCUT2D eigenvalue weighted by atomic mass is 16.6. The Labute approximate surface area is 185 Å². The van der Waals surface area contributed by atoms with Crippen molar-refractivity contribution in [3.05, 3.63) is 100 Å². The standard InChI is InChI=1S/C24H23NO7/c1-2-30-21-10-6-7-11-22(21)32-23(17-8-4-3-5-9-17)20(26)16-31-24(27)18-12-14-19(15-13-18)25(28)29/h3-15,20,23,26H,2,16H2,1H3. The third kappa shape index (κ3) is 5.83. The molecule has 3 aromatic rings. The number of carbonyl (C=O) groups is 1. The van der Waals surface area contributed by atoms with Gasteiger partial charge >= 0.3 is 5.97 Å². The van der Waals surface area contributed by atoms with E-state index in [1.807, 2.05) is 31.2 Å². The van der Waals surface area contributed by atoms with Gasteiger partial charge in [0.05, 0.1) is 17.1 Å². The Morgan fingerprint density at radius 1 is 0.969 bits per heavy atom. The third-order valence-corrected chi connectivity index (χ3v) is 4.58. The molecule has 0 amide bonds. The number of hydrogen-bond acceptors (Lipinski definition) is 7. The molecule has 0 spiro atoms. The van der Waals surface area contributed by atoms with Crippen molar-refractivity contribution in [2.75, 3.05) is 13.2 Å². The molecule has 0 aliphatic heterocycles. The molecule has 2 atom stereocenters. The molecule has 3 aromatic carbocycles. The van der Waals surface area contributed by atoms with Crippen molar-refractivity contribution < 1.29 is 29.0 Å². The van der Waals surface area contributed by atoms with E-state index in [2.05, 4.69) is 0 Å². The minimum Gasteiger partial charge on any atom is -0.490 e. The fourth-order valence-electron chi connectivity index (χ4n) is 3.02. The van der Waals surface area contributed by atoms with Crippen LogP contribution in [0.3, 0.4) is 0 Å². The Hall–Kier alpha value is -3.91. The molecule has 0 saturated heterocycles. The topological polar surface area (TPSA) is 108 Å². The maximum absolute atomic E-state index is 12.3. The van der Waals surface area contributed by atoms with Crippen LogP contribution in [0.25, 0.3) is 0 Å². The zero-order valence-corrected chi connectivity index (χ0v) is 17.4. The highest BCUT2D eigenvalue weighted by Crippen LogP contribution is 2.32. The van der Waals surface area contributed by atoms with Crippen LogP contribution in [0.5, 0.6) is 11.5 Å². The lowest BCUT2D eigenvalue weighted by atomic mass is 10.0. The second-order valence-electron chi connectivity index (χ2n) is 6.80. The van der Waals surface area contributed by atoms with Gasteiger partial charge in [0.25, 0.3) is 5.69 Å². The normalized spacial score (nSPS) is 12.4. The van der Waals surface area contributed by atoms with Crippen molar-refractivity contribution in [1.29, 1.82) is 0 Å². The van der Waals surface area contributed by atoms with E-state index in [4.69, 9.17) is 14.2 Å².